The lowest BCUT2D eigenvalue weighted by Crippen LogP contribution is -2.10. The number of para-hydroxylation sites is 2. The van der Waals surface area contributed by atoms with Crippen molar-refractivity contribution in [3.8, 4) is 123 Å². The summed E-state index contributed by atoms with van der Waals surface area (Å²) in [5.41, 5.74) is 35.8. The molecule has 0 radical (unpaired) electrons. The smallest absolute Gasteiger partial charge is 0.0541 e. The fraction of sp³-hybridized carbons (Fsp3) is 0.0508. The molecule has 2 heterocycles. The molecular weight excluding hydrogens is 1450 g/mol. The number of aryl methyl sites for hydroxylation is 2. The molecule has 0 amide bonds. The van der Waals surface area contributed by atoms with Crippen LogP contribution in [0.1, 0.15) is 37.5 Å². The summed E-state index contributed by atoms with van der Waals surface area (Å²) >= 11 is 0. The van der Waals surface area contributed by atoms with E-state index >= 15 is 0 Å². The normalized spacial score (nSPS) is 11.7. The maximum atomic E-state index is 2.40. The number of aromatic nitrogens is 2. The Morgan fingerprint density at radius 3 is 0.750 bits per heavy atom. The average molecular weight is 1530 g/mol. The first-order valence-electron chi connectivity index (χ1n) is 41.8. The van der Waals surface area contributed by atoms with Crippen molar-refractivity contribution in [2.75, 3.05) is 0 Å². The maximum Gasteiger partial charge on any atom is 0.0541 e. The second kappa shape index (κ2) is 30.3. The molecule has 0 aliphatic carbocycles. The highest BCUT2D eigenvalue weighted by Crippen LogP contribution is 2.49. The van der Waals surface area contributed by atoms with E-state index in [1.165, 1.54) is 220 Å². The highest BCUT2D eigenvalue weighted by Gasteiger charge is 2.23. The molecule has 0 aliphatic heterocycles. The standard InChI is InChI=1S/C70H49N.C48H37N/c1-46-19-39-62-65(42-46)69(56-32-28-53(29-33-56)51-22-20-50(21-23-51)48-12-6-3-7-13-48)61-38-18-47(2)43-66(61)70(62)57-34-30-54(31-35-57)52-24-26-55(27-25-52)59-37-41-68-64(45-59)63-44-58(49-14-8-4-9-15-49)36-40-67(63)71(68)60-16-10-5-11-17-60;1-48(2,3)36-26-28-37(29-27-36)49-44-20-12-11-15-38(44)43-31-35(25-30-45(43)49)32-21-23-34(24-22-32)47-41-18-9-7-16-39(41)46(33-13-5-4-6-14-33)40-17-8-10-19-42(40)47/h3-45H,1-2H3;4-31H,1-3H3. The molecular formula is C118H86N2. The van der Waals surface area contributed by atoms with Crippen LogP contribution >= 0.6 is 0 Å². The van der Waals surface area contributed by atoms with Gasteiger partial charge in [-0.15, -0.1) is 0 Å². The van der Waals surface area contributed by atoms with Crippen molar-refractivity contribution < 1.29 is 0 Å². The van der Waals surface area contributed by atoms with Gasteiger partial charge in [0.2, 0.25) is 0 Å². The zero-order valence-electron chi connectivity index (χ0n) is 67.9. The van der Waals surface area contributed by atoms with Crippen LogP contribution in [0.4, 0.5) is 0 Å². The summed E-state index contributed by atoms with van der Waals surface area (Å²) in [6.07, 6.45) is 0. The molecule has 20 aromatic carbocycles. The van der Waals surface area contributed by atoms with E-state index in [0.717, 1.165) is 5.69 Å². The Hall–Kier alpha value is -15.0. The van der Waals surface area contributed by atoms with Gasteiger partial charge in [0.05, 0.1) is 22.1 Å². The number of benzene rings is 20. The molecule has 0 spiro atoms. The van der Waals surface area contributed by atoms with Crippen LogP contribution in [0.2, 0.25) is 0 Å². The fourth-order valence-corrected chi connectivity index (χ4v) is 18.7. The molecule has 0 N–H and O–H groups in total. The van der Waals surface area contributed by atoms with E-state index in [2.05, 4.69) is 474 Å². The monoisotopic (exact) mass is 1530 g/mol. The first-order chi connectivity index (χ1) is 59.0. The lowest BCUT2D eigenvalue weighted by molar-refractivity contribution is 0.590. The molecule has 0 bridgehead atoms. The molecule has 22 aromatic rings. The third-order valence-electron chi connectivity index (χ3n) is 24.7. The van der Waals surface area contributed by atoms with Gasteiger partial charge in [-0.25, -0.2) is 0 Å². The molecule has 0 fully saturated rings. The van der Waals surface area contributed by atoms with Crippen LogP contribution in [0.15, 0.2) is 431 Å². The lowest BCUT2D eigenvalue weighted by Gasteiger charge is -2.19. The largest absolute Gasteiger partial charge is 0.309 e. The Bertz CT molecular complexity index is 7580. The molecule has 2 nitrogen and oxygen atoms in total. The molecule has 2 aromatic heterocycles. The summed E-state index contributed by atoms with van der Waals surface area (Å²) in [7, 11) is 0. The summed E-state index contributed by atoms with van der Waals surface area (Å²) < 4.78 is 4.79. The van der Waals surface area contributed by atoms with Gasteiger partial charge in [0.1, 0.15) is 0 Å². The minimum Gasteiger partial charge on any atom is -0.309 e. The van der Waals surface area contributed by atoms with E-state index in [0.29, 0.717) is 0 Å². The van der Waals surface area contributed by atoms with Crippen molar-refractivity contribution in [1.82, 2.24) is 9.13 Å². The lowest BCUT2D eigenvalue weighted by atomic mass is 9.84. The second-order valence-corrected chi connectivity index (χ2v) is 33.2. The third kappa shape index (κ3) is 13.2. The predicted molar refractivity (Wildman–Crippen MR) is 514 cm³/mol. The molecule has 568 valence electrons. The van der Waals surface area contributed by atoms with Crippen LogP contribution in [0.3, 0.4) is 0 Å². The molecule has 0 atom stereocenters. The van der Waals surface area contributed by atoms with Crippen LogP contribution in [0.5, 0.6) is 0 Å². The summed E-state index contributed by atoms with van der Waals surface area (Å²) in [5.74, 6) is 0. The van der Waals surface area contributed by atoms with E-state index in [1.54, 1.807) is 0 Å². The molecule has 22 rings (SSSR count). The highest BCUT2D eigenvalue weighted by atomic mass is 15.0. The second-order valence-electron chi connectivity index (χ2n) is 33.2. The quantitative estimate of drug-likeness (QED) is 0.108. The zero-order chi connectivity index (χ0) is 80.5. The SMILES string of the molecule is CC(C)(C)c1ccc(-n2c3ccccc3c3cc(-c4ccc(-c5c6ccccc6c(-c6ccccc6)c6ccccc56)cc4)ccc32)cc1.Cc1ccc2c(-c3ccc(-c4ccc(-c5ccc6c(c5)c5cc(-c7ccccc7)ccc5n6-c5ccccc5)cc4)cc3)c3cc(C)ccc3c(-c3ccc(-c4ccc(-c5ccccc5)cc4)cc3)c2c1. The van der Waals surface area contributed by atoms with Gasteiger partial charge in [0, 0.05) is 32.9 Å². The first kappa shape index (κ1) is 72.7. The van der Waals surface area contributed by atoms with Gasteiger partial charge in [-0.2, -0.15) is 0 Å². The van der Waals surface area contributed by atoms with Gasteiger partial charge in [-0.3, -0.25) is 0 Å². The van der Waals surface area contributed by atoms with Crippen molar-refractivity contribution in [2.24, 2.45) is 0 Å². The van der Waals surface area contributed by atoms with Crippen molar-refractivity contribution in [3.05, 3.63) is 447 Å². The highest BCUT2D eigenvalue weighted by molar-refractivity contribution is 6.23. The van der Waals surface area contributed by atoms with Crippen molar-refractivity contribution >= 4 is 86.7 Å². The number of nitrogens with zero attached hydrogens (tertiary/aromatic N) is 2. The molecule has 0 unspecified atom stereocenters. The zero-order valence-corrected chi connectivity index (χ0v) is 67.9. The third-order valence-corrected chi connectivity index (χ3v) is 24.7. The molecule has 0 aliphatic rings. The Balaban J connectivity index is 0.000000159. The summed E-state index contributed by atoms with van der Waals surface area (Å²) in [4.78, 5) is 0. The summed E-state index contributed by atoms with van der Waals surface area (Å²) in [6, 6.07) is 159. The van der Waals surface area contributed by atoms with Crippen LogP contribution in [0.25, 0.3) is 209 Å². The van der Waals surface area contributed by atoms with E-state index < -0.39 is 0 Å². The first-order valence-corrected chi connectivity index (χ1v) is 41.8. The predicted octanol–water partition coefficient (Wildman–Crippen LogP) is 32.8. The van der Waals surface area contributed by atoms with Gasteiger partial charge in [0.25, 0.3) is 0 Å². The minimum atomic E-state index is 0.121. The molecule has 0 saturated carbocycles. The Labute approximate surface area is 701 Å². The molecule has 2 heteroatoms. The summed E-state index contributed by atoms with van der Waals surface area (Å²) in [5, 5.41) is 15.2. The topological polar surface area (TPSA) is 9.86 Å². The Morgan fingerprint density at radius 1 is 0.158 bits per heavy atom. The van der Waals surface area contributed by atoms with Gasteiger partial charge in [-0.1, -0.05) is 396 Å². The van der Waals surface area contributed by atoms with Crippen molar-refractivity contribution in [3.63, 3.8) is 0 Å². The number of hydrogen-bond donors (Lipinski definition) is 0. The Morgan fingerprint density at radius 2 is 0.392 bits per heavy atom. The van der Waals surface area contributed by atoms with Crippen molar-refractivity contribution in [2.45, 2.75) is 40.0 Å². The van der Waals surface area contributed by atoms with E-state index in [-0.39, 0.29) is 5.41 Å². The fourth-order valence-electron chi connectivity index (χ4n) is 18.7. The van der Waals surface area contributed by atoms with Gasteiger partial charge in [-0.05, 0) is 246 Å². The maximum absolute atomic E-state index is 2.40. The van der Waals surface area contributed by atoms with E-state index in [9.17, 15) is 0 Å². The van der Waals surface area contributed by atoms with Crippen molar-refractivity contribution in [1.29, 1.82) is 0 Å². The van der Waals surface area contributed by atoms with Crippen LogP contribution in [-0.4, -0.2) is 9.13 Å². The van der Waals surface area contributed by atoms with E-state index in [4.69, 9.17) is 0 Å². The number of fused-ring (bicyclic) bond motifs is 10. The Kier molecular flexibility index (Phi) is 18.3. The number of rotatable bonds is 12. The minimum absolute atomic E-state index is 0.121. The summed E-state index contributed by atoms with van der Waals surface area (Å²) in [6.45, 7) is 11.2. The van der Waals surface area contributed by atoms with Crippen LogP contribution in [0, 0.1) is 13.8 Å². The number of hydrogen-bond acceptors (Lipinski definition) is 0. The van der Waals surface area contributed by atoms with Crippen LogP contribution < -0.4 is 0 Å². The van der Waals surface area contributed by atoms with Gasteiger partial charge < -0.3 is 9.13 Å². The molecule has 120 heavy (non-hydrogen) atoms. The van der Waals surface area contributed by atoms with Gasteiger partial charge in [0.15, 0.2) is 0 Å². The van der Waals surface area contributed by atoms with Crippen LogP contribution in [-0.2, 0) is 5.41 Å². The van der Waals surface area contributed by atoms with Gasteiger partial charge >= 0.3 is 0 Å². The van der Waals surface area contributed by atoms with E-state index in [1.807, 2.05) is 0 Å². The molecule has 0 saturated heterocycles. The average Bonchev–Trinajstić information content (AvgIpc) is 0.785.